The lowest BCUT2D eigenvalue weighted by Gasteiger charge is -2.24. The Kier molecular flexibility index (Phi) is 5.47. The van der Waals surface area contributed by atoms with Crippen molar-refractivity contribution < 1.29 is 13.2 Å². The third kappa shape index (κ3) is 5.55. The van der Waals surface area contributed by atoms with E-state index >= 15 is 0 Å². The van der Waals surface area contributed by atoms with E-state index in [-0.39, 0.29) is 11.8 Å². The second-order valence-corrected chi connectivity index (χ2v) is 8.00. The zero-order valence-electron chi connectivity index (χ0n) is 12.7. The Balaban J connectivity index is 1.84. The maximum Gasteiger partial charge on any atom is 0.152 e. The molecule has 1 atom stereocenters. The lowest BCUT2D eigenvalue weighted by atomic mass is 10.1. The van der Waals surface area contributed by atoms with Crippen molar-refractivity contribution in [1.29, 1.82) is 0 Å². The average Bonchev–Trinajstić information content (AvgIpc) is 2.39. The molecule has 1 saturated heterocycles. The lowest BCUT2D eigenvalue weighted by Crippen LogP contribution is -2.34. The van der Waals surface area contributed by atoms with Gasteiger partial charge in [0.25, 0.3) is 0 Å². The third-order valence-corrected chi connectivity index (χ3v) is 5.32. The van der Waals surface area contributed by atoms with Gasteiger partial charge in [0, 0.05) is 18.3 Å². The molecule has 21 heavy (non-hydrogen) atoms. The van der Waals surface area contributed by atoms with Gasteiger partial charge in [-0.15, -0.1) is 0 Å². The summed E-state index contributed by atoms with van der Waals surface area (Å²) in [6, 6.07) is 7.72. The molecule has 0 aliphatic carbocycles. The van der Waals surface area contributed by atoms with Gasteiger partial charge in [-0.25, -0.2) is 8.42 Å². The predicted octanol–water partition coefficient (Wildman–Crippen LogP) is 1.62. The van der Waals surface area contributed by atoms with Crippen molar-refractivity contribution in [2.45, 2.75) is 18.9 Å². The molecule has 1 heterocycles. The maximum absolute atomic E-state index is 11.6. The van der Waals surface area contributed by atoms with Crippen LogP contribution in [-0.4, -0.2) is 58.1 Å². The Morgan fingerprint density at radius 1 is 1.29 bits per heavy atom. The number of hydrogen-bond acceptors (Lipinski definition) is 5. The van der Waals surface area contributed by atoms with Crippen LogP contribution in [0.2, 0.25) is 0 Å². The van der Waals surface area contributed by atoms with Crippen LogP contribution in [0.3, 0.4) is 0 Å². The molecule has 0 radical (unpaired) electrons. The fraction of sp³-hybridized carbons (Fsp3) is 0.600. The van der Waals surface area contributed by atoms with Gasteiger partial charge in [-0.3, -0.25) is 0 Å². The SMILES string of the molecule is CN(C)CCOc1ccc(NC2CCCS(=O)(=O)C2)cc1. The summed E-state index contributed by atoms with van der Waals surface area (Å²) >= 11 is 0. The van der Waals surface area contributed by atoms with Crippen LogP contribution in [0.25, 0.3) is 0 Å². The highest BCUT2D eigenvalue weighted by molar-refractivity contribution is 7.91. The highest BCUT2D eigenvalue weighted by atomic mass is 32.2. The Labute approximate surface area is 127 Å². The minimum atomic E-state index is -2.87. The maximum atomic E-state index is 11.6. The van der Waals surface area contributed by atoms with Crippen molar-refractivity contribution in [3.8, 4) is 5.75 Å². The summed E-state index contributed by atoms with van der Waals surface area (Å²) in [7, 11) is 1.14. The summed E-state index contributed by atoms with van der Waals surface area (Å²) < 4.78 is 28.9. The minimum Gasteiger partial charge on any atom is -0.492 e. The van der Waals surface area contributed by atoms with Gasteiger partial charge in [-0.2, -0.15) is 0 Å². The highest BCUT2D eigenvalue weighted by Crippen LogP contribution is 2.20. The van der Waals surface area contributed by atoms with Crippen LogP contribution < -0.4 is 10.1 Å². The van der Waals surface area contributed by atoms with Crippen LogP contribution in [-0.2, 0) is 9.84 Å². The smallest absolute Gasteiger partial charge is 0.152 e. The molecular weight excluding hydrogens is 288 g/mol. The molecule has 0 amide bonds. The van der Waals surface area contributed by atoms with E-state index in [4.69, 9.17) is 4.74 Å². The van der Waals surface area contributed by atoms with E-state index in [1.165, 1.54) is 0 Å². The number of nitrogens with zero attached hydrogens (tertiary/aromatic N) is 1. The number of hydrogen-bond donors (Lipinski definition) is 1. The van der Waals surface area contributed by atoms with Crippen LogP contribution >= 0.6 is 0 Å². The van der Waals surface area contributed by atoms with Gasteiger partial charge >= 0.3 is 0 Å². The second kappa shape index (κ2) is 7.13. The minimum absolute atomic E-state index is 0.0178. The molecule has 1 fully saturated rings. The first-order valence-electron chi connectivity index (χ1n) is 7.29. The standard InChI is InChI=1S/C15H24N2O3S/c1-17(2)9-10-20-15-7-5-13(6-8-15)16-14-4-3-11-21(18,19)12-14/h5-8,14,16H,3-4,9-12H2,1-2H3. The Morgan fingerprint density at radius 2 is 2.00 bits per heavy atom. The quantitative estimate of drug-likeness (QED) is 0.865. The van der Waals surface area contributed by atoms with Gasteiger partial charge in [-0.05, 0) is 51.2 Å². The summed E-state index contributed by atoms with van der Waals surface area (Å²) in [5, 5.41) is 3.30. The summed E-state index contributed by atoms with van der Waals surface area (Å²) in [6.45, 7) is 1.53. The molecule has 1 N–H and O–H groups in total. The molecule has 0 saturated carbocycles. The number of nitrogens with one attached hydrogen (secondary N) is 1. The monoisotopic (exact) mass is 312 g/mol. The van der Waals surface area contributed by atoms with Crippen LogP contribution in [0, 0.1) is 0 Å². The van der Waals surface area contributed by atoms with Gasteiger partial charge in [0.05, 0.1) is 11.5 Å². The first-order valence-corrected chi connectivity index (χ1v) is 9.11. The fourth-order valence-corrected chi connectivity index (χ4v) is 4.00. The molecule has 5 nitrogen and oxygen atoms in total. The number of anilines is 1. The third-order valence-electron chi connectivity index (χ3n) is 3.50. The summed E-state index contributed by atoms with van der Waals surface area (Å²) in [5.74, 6) is 1.39. The van der Waals surface area contributed by atoms with Crippen molar-refractivity contribution in [2.24, 2.45) is 0 Å². The molecule has 118 valence electrons. The van der Waals surface area contributed by atoms with E-state index < -0.39 is 9.84 Å². The van der Waals surface area contributed by atoms with Crippen LogP contribution in [0.5, 0.6) is 5.75 Å². The molecule has 1 aliphatic heterocycles. The van der Waals surface area contributed by atoms with E-state index in [9.17, 15) is 8.42 Å². The van der Waals surface area contributed by atoms with E-state index in [0.29, 0.717) is 12.4 Å². The molecule has 1 aliphatic rings. The van der Waals surface area contributed by atoms with Crippen molar-refractivity contribution in [3.63, 3.8) is 0 Å². The summed E-state index contributed by atoms with van der Waals surface area (Å²) in [6.07, 6.45) is 1.64. The van der Waals surface area contributed by atoms with Crippen molar-refractivity contribution >= 4 is 15.5 Å². The van der Waals surface area contributed by atoms with E-state index in [1.807, 2.05) is 38.4 Å². The first-order chi connectivity index (χ1) is 9.94. The Morgan fingerprint density at radius 3 is 2.62 bits per heavy atom. The molecule has 0 aromatic heterocycles. The first kappa shape index (κ1) is 16.1. The highest BCUT2D eigenvalue weighted by Gasteiger charge is 2.24. The molecular formula is C15H24N2O3S. The topological polar surface area (TPSA) is 58.6 Å². The van der Waals surface area contributed by atoms with Gasteiger partial charge in [0.15, 0.2) is 9.84 Å². The van der Waals surface area contributed by atoms with E-state index in [2.05, 4.69) is 10.2 Å². The molecule has 1 aromatic rings. The van der Waals surface area contributed by atoms with Crippen LogP contribution in [0.1, 0.15) is 12.8 Å². The lowest BCUT2D eigenvalue weighted by molar-refractivity contribution is 0.261. The average molecular weight is 312 g/mol. The van der Waals surface area contributed by atoms with Crippen molar-refractivity contribution in [1.82, 2.24) is 4.90 Å². The van der Waals surface area contributed by atoms with Crippen LogP contribution in [0.4, 0.5) is 5.69 Å². The van der Waals surface area contributed by atoms with Crippen molar-refractivity contribution in [2.75, 3.05) is 44.1 Å². The number of ether oxygens (including phenoxy) is 1. The molecule has 0 bridgehead atoms. The number of benzene rings is 1. The molecule has 6 heteroatoms. The van der Waals surface area contributed by atoms with Gasteiger partial charge < -0.3 is 15.0 Å². The van der Waals surface area contributed by atoms with Gasteiger partial charge in [-0.1, -0.05) is 0 Å². The zero-order valence-corrected chi connectivity index (χ0v) is 13.5. The zero-order chi connectivity index (χ0) is 15.3. The second-order valence-electron chi connectivity index (χ2n) is 5.77. The molecule has 2 rings (SSSR count). The van der Waals surface area contributed by atoms with E-state index in [0.717, 1.165) is 30.8 Å². The molecule has 1 unspecified atom stereocenters. The number of sulfone groups is 1. The van der Waals surface area contributed by atoms with Crippen LogP contribution in [0.15, 0.2) is 24.3 Å². The van der Waals surface area contributed by atoms with Gasteiger partial charge in [0.2, 0.25) is 0 Å². The van der Waals surface area contributed by atoms with E-state index in [1.54, 1.807) is 0 Å². The van der Waals surface area contributed by atoms with Gasteiger partial charge in [0.1, 0.15) is 12.4 Å². The largest absolute Gasteiger partial charge is 0.492 e. The molecule has 0 spiro atoms. The molecule has 1 aromatic carbocycles. The number of rotatable bonds is 6. The Bertz CT molecular complexity index is 541. The van der Waals surface area contributed by atoms with Crippen molar-refractivity contribution in [3.05, 3.63) is 24.3 Å². The summed E-state index contributed by atoms with van der Waals surface area (Å²) in [4.78, 5) is 2.07. The number of likely N-dealkylation sites (N-methyl/N-ethyl adjacent to an activating group) is 1. The predicted molar refractivity (Wildman–Crippen MR) is 85.8 cm³/mol. The summed E-state index contributed by atoms with van der Waals surface area (Å²) in [5.41, 5.74) is 0.942. The normalized spacial score (nSPS) is 21.2. The Hall–Kier alpha value is -1.27. The fourth-order valence-electron chi connectivity index (χ4n) is 2.37.